The number of nitrogen functional groups attached to an aromatic ring is 1. The fourth-order valence-electron chi connectivity index (χ4n) is 2.79. The largest absolute Gasteiger partial charge is 0.399 e. The van der Waals surface area contributed by atoms with E-state index in [1.165, 1.54) is 26.5 Å². The molecule has 0 atom stereocenters. The van der Waals surface area contributed by atoms with Gasteiger partial charge in [0.2, 0.25) is 0 Å². The van der Waals surface area contributed by atoms with Gasteiger partial charge in [0, 0.05) is 15.5 Å². The molecule has 0 bridgehead atoms. The summed E-state index contributed by atoms with van der Waals surface area (Å²) in [5, 5.41) is 0. The highest BCUT2D eigenvalue weighted by Gasteiger charge is 2.19. The maximum absolute atomic E-state index is 5.92. The molecule has 0 saturated carbocycles. The molecule has 1 nitrogen and oxygen atoms in total. The Morgan fingerprint density at radius 2 is 1.36 bits per heavy atom. The van der Waals surface area contributed by atoms with E-state index in [1.807, 2.05) is 30.0 Å². The summed E-state index contributed by atoms with van der Waals surface area (Å²) in [7, 11) is 0. The van der Waals surface area contributed by atoms with Crippen LogP contribution in [0, 0.1) is 0 Å². The van der Waals surface area contributed by atoms with Gasteiger partial charge in [0.05, 0.1) is 0 Å². The third kappa shape index (κ3) is 2.32. The molecule has 0 radical (unpaired) electrons. The molecule has 0 fully saturated rings. The van der Waals surface area contributed by atoms with Crippen molar-refractivity contribution >= 4 is 29.1 Å². The van der Waals surface area contributed by atoms with Crippen molar-refractivity contribution in [2.75, 3.05) is 5.73 Å². The average Bonchev–Trinajstić information content (AvgIpc) is 2.55. The Hall–Kier alpha value is -2.45. The van der Waals surface area contributed by atoms with Crippen LogP contribution >= 0.6 is 11.8 Å². The van der Waals surface area contributed by atoms with Crippen LogP contribution in [-0.2, 0) is 0 Å². The summed E-state index contributed by atoms with van der Waals surface area (Å²) in [6.45, 7) is 0. The van der Waals surface area contributed by atoms with Crippen molar-refractivity contribution in [3.63, 3.8) is 0 Å². The van der Waals surface area contributed by atoms with Gasteiger partial charge in [0.25, 0.3) is 0 Å². The lowest BCUT2D eigenvalue weighted by Gasteiger charge is -2.22. The standard InChI is InChI=1S/C20H15NS/c21-15-7-5-6-14(12-15)13-18-16-8-1-3-10-19(16)22-20-11-4-2-9-17(18)20/h1-13H,21H2. The lowest BCUT2D eigenvalue weighted by Crippen LogP contribution is -1.98. The first kappa shape index (κ1) is 13.2. The van der Waals surface area contributed by atoms with E-state index in [2.05, 4.69) is 60.7 Å². The summed E-state index contributed by atoms with van der Waals surface area (Å²) < 4.78 is 0. The highest BCUT2D eigenvalue weighted by atomic mass is 32.2. The van der Waals surface area contributed by atoms with Crippen molar-refractivity contribution in [2.45, 2.75) is 9.79 Å². The molecule has 0 unspecified atom stereocenters. The Morgan fingerprint density at radius 1 is 0.727 bits per heavy atom. The molecule has 0 spiro atoms. The van der Waals surface area contributed by atoms with Crippen LogP contribution in [0.25, 0.3) is 11.6 Å². The van der Waals surface area contributed by atoms with Gasteiger partial charge in [0.15, 0.2) is 0 Å². The lowest BCUT2D eigenvalue weighted by atomic mass is 9.95. The topological polar surface area (TPSA) is 26.0 Å². The van der Waals surface area contributed by atoms with E-state index < -0.39 is 0 Å². The number of hydrogen-bond acceptors (Lipinski definition) is 2. The van der Waals surface area contributed by atoms with E-state index in [-0.39, 0.29) is 0 Å². The van der Waals surface area contributed by atoms with E-state index in [1.54, 1.807) is 0 Å². The molecule has 106 valence electrons. The van der Waals surface area contributed by atoms with Crippen LogP contribution in [0.15, 0.2) is 82.6 Å². The van der Waals surface area contributed by atoms with Gasteiger partial charge in [-0.25, -0.2) is 0 Å². The van der Waals surface area contributed by atoms with Gasteiger partial charge in [-0.05, 0) is 52.6 Å². The summed E-state index contributed by atoms with van der Waals surface area (Å²) in [4.78, 5) is 2.60. The quantitative estimate of drug-likeness (QED) is 0.481. The van der Waals surface area contributed by atoms with Crippen LogP contribution in [0.3, 0.4) is 0 Å². The van der Waals surface area contributed by atoms with Gasteiger partial charge in [-0.1, -0.05) is 60.3 Å². The van der Waals surface area contributed by atoms with Crippen LogP contribution < -0.4 is 5.73 Å². The second kappa shape index (κ2) is 5.39. The summed E-state index contributed by atoms with van der Waals surface area (Å²) in [5.41, 5.74) is 11.7. The predicted molar refractivity (Wildman–Crippen MR) is 94.8 cm³/mol. The minimum absolute atomic E-state index is 0.793. The molecular weight excluding hydrogens is 286 g/mol. The Balaban J connectivity index is 1.95. The van der Waals surface area contributed by atoms with Crippen LogP contribution in [0.1, 0.15) is 16.7 Å². The Labute approximate surface area is 134 Å². The molecule has 1 aliphatic heterocycles. The minimum atomic E-state index is 0.793. The zero-order chi connectivity index (χ0) is 14.9. The normalized spacial score (nSPS) is 12.5. The number of benzene rings is 3. The average molecular weight is 301 g/mol. The third-order valence-electron chi connectivity index (χ3n) is 3.80. The summed E-state index contributed by atoms with van der Waals surface area (Å²) >= 11 is 1.83. The van der Waals surface area contributed by atoms with E-state index in [0.717, 1.165) is 11.3 Å². The molecular formula is C20H15NS. The maximum Gasteiger partial charge on any atom is 0.0319 e. The highest BCUT2D eigenvalue weighted by molar-refractivity contribution is 7.99. The SMILES string of the molecule is Nc1cccc(C=C2c3ccccc3Sc3ccccc32)c1. The first-order valence-electron chi connectivity index (χ1n) is 7.25. The molecule has 2 heteroatoms. The van der Waals surface area contributed by atoms with Crippen LogP contribution in [-0.4, -0.2) is 0 Å². The first-order chi connectivity index (χ1) is 10.8. The molecule has 0 saturated heterocycles. The van der Waals surface area contributed by atoms with Crippen LogP contribution in [0.2, 0.25) is 0 Å². The fraction of sp³-hybridized carbons (Fsp3) is 0. The smallest absolute Gasteiger partial charge is 0.0319 e. The van der Waals surface area contributed by atoms with Gasteiger partial charge < -0.3 is 5.73 Å². The fourth-order valence-corrected chi connectivity index (χ4v) is 3.90. The van der Waals surface area contributed by atoms with Crippen molar-refractivity contribution in [2.24, 2.45) is 0 Å². The molecule has 0 aromatic heterocycles. The second-order valence-electron chi connectivity index (χ2n) is 5.32. The number of anilines is 1. The molecule has 3 aromatic rings. The highest BCUT2D eigenvalue weighted by Crippen LogP contribution is 2.45. The number of hydrogen-bond donors (Lipinski definition) is 1. The Bertz CT molecular complexity index is 833. The van der Waals surface area contributed by atoms with Gasteiger partial charge in [-0.3, -0.25) is 0 Å². The third-order valence-corrected chi connectivity index (χ3v) is 4.95. The molecule has 0 aliphatic carbocycles. The monoisotopic (exact) mass is 301 g/mol. The molecule has 1 heterocycles. The maximum atomic E-state index is 5.92. The van der Waals surface area contributed by atoms with Crippen LogP contribution in [0.5, 0.6) is 0 Å². The zero-order valence-electron chi connectivity index (χ0n) is 12.0. The molecule has 2 N–H and O–H groups in total. The Kier molecular flexibility index (Phi) is 3.24. The number of nitrogens with two attached hydrogens (primary N) is 1. The molecule has 1 aliphatic rings. The van der Waals surface area contributed by atoms with E-state index in [0.29, 0.717) is 0 Å². The predicted octanol–water partition coefficient (Wildman–Crippen LogP) is 5.32. The van der Waals surface area contributed by atoms with Crippen molar-refractivity contribution in [3.8, 4) is 0 Å². The van der Waals surface area contributed by atoms with Gasteiger partial charge in [-0.15, -0.1) is 0 Å². The van der Waals surface area contributed by atoms with Gasteiger partial charge >= 0.3 is 0 Å². The van der Waals surface area contributed by atoms with E-state index in [9.17, 15) is 0 Å². The number of fused-ring (bicyclic) bond motifs is 2. The Morgan fingerprint density at radius 3 is 2.00 bits per heavy atom. The van der Waals surface area contributed by atoms with E-state index >= 15 is 0 Å². The molecule has 22 heavy (non-hydrogen) atoms. The van der Waals surface area contributed by atoms with Crippen molar-refractivity contribution in [3.05, 3.63) is 89.5 Å². The first-order valence-corrected chi connectivity index (χ1v) is 8.07. The molecule has 3 aromatic carbocycles. The zero-order valence-corrected chi connectivity index (χ0v) is 12.8. The summed E-state index contributed by atoms with van der Waals surface area (Å²) in [6.07, 6.45) is 2.23. The minimum Gasteiger partial charge on any atom is -0.399 e. The summed E-state index contributed by atoms with van der Waals surface area (Å²) in [6, 6.07) is 25.2. The van der Waals surface area contributed by atoms with Crippen molar-refractivity contribution < 1.29 is 0 Å². The van der Waals surface area contributed by atoms with Crippen molar-refractivity contribution in [1.29, 1.82) is 0 Å². The molecule has 0 amide bonds. The second-order valence-corrected chi connectivity index (χ2v) is 6.41. The van der Waals surface area contributed by atoms with E-state index in [4.69, 9.17) is 5.73 Å². The van der Waals surface area contributed by atoms with Gasteiger partial charge in [-0.2, -0.15) is 0 Å². The summed E-state index contributed by atoms with van der Waals surface area (Å²) in [5.74, 6) is 0. The molecule has 4 rings (SSSR count). The van der Waals surface area contributed by atoms with Crippen LogP contribution in [0.4, 0.5) is 5.69 Å². The number of rotatable bonds is 1. The van der Waals surface area contributed by atoms with Gasteiger partial charge in [0.1, 0.15) is 0 Å². The lowest BCUT2D eigenvalue weighted by molar-refractivity contribution is 1.29. The van der Waals surface area contributed by atoms with Crippen molar-refractivity contribution in [1.82, 2.24) is 0 Å².